The van der Waals surface area contributed by atoms with E-state index in [-0.39, 0.29) is 29.7 Å². The second-order valence-electron chi connectivity index (χ2n) is 9.30. The van der Waals surface area contributed by atoms with E-state index in [0.29, 0.717) is 36.2 Å². The normalized spacial score (nSPS) is 20.3. The molecule has 36 heavy (non-hydrogen) atoms. The zero-order valence-corrected chi connectivity index (χ0v) is 20.0. The van der Waals surface area contributed by atoms with Gasteiger partial charge in [0.25, 0.3) is 5.91 Å². The van der Waals surface area contributed by atoms with Gasteiger partial charge in [0.05, 0.1) is 17.0 Å². The van der Waals surface area contributed by atoms with Crippen LogP contribution in [0.25, 0.3) is 17.2 Å². The summed E-state index contributed by atoms with van der Waals surface area (Å²) < 4.78 is 21.2. The highest BCUT2D eigenvalue weighted by molar-refractivity contribution is 5.95. The minimum absolute atomic E-state index is 0.0367. The molecule has 0 N–H and O–H groups in total. The molecule has 3 atom stereocenters. The van der Waals surface area contributed by atoms with E-state index >= 15 is 0 Å². The summed E-state index contributed by atoms with van der Waals surface area (Å²) in [6.07, 6.45) is 5.86. The summed E-state index contributed by atoms with van der Waals surface area (Å²) in [5.74, 6) is 1.25. The van der Waals surface area contributed by atoms with Crippen LogP contribution in [-0.4, -0.2) is 54.7 Å². The third-order valence-corrected chi connectivity index (χ3v) is 6.96. The molecule has 2 aliphatic rings. The Morgan fingerprint density at radius 1 is 1.11 bits per heavy atom. The van der Waals surface area contributed by atoms with Crippen LogP contribution in [0.5, 0.6) is 5.88 Å². The van der Waals surface area contributed by atoms with Crippen molar-refractivity contribution in [2.24, 2.45) is 11.8 Å². The number of rotatable bonds is 6. The number of aryl methyl sites for hydroxylation is 2. The zero-order chi connectivity index (χ0) is 24.8. The molecule has 9 heteroatoms. The molecule has 1 aromatic carbocycles. The SMILES string of the molecule is CCc1cc(OC2[C@H]3CN(C(=O)c4cn(-c5ncccn5)nc4C)C[C@@H]23)nc(-c2ccc(F)cc2)c1. The van der Waals surface area contributed by atoms with Crippen molar-refractivity contribution in [1.29, 1.82) is 0 Å². The molecule has 1 unspecified atom stereocenters. The van der Waals surface area contributed by atoms with Gasteiger partial charge in [-0.2, -0.15) is 5.10 Å². The summed E-state index contributed by atoms with van der Waals surface area (Å²) in [4.78, 5) is 28.2. The van der Waals surface area contributed by atoms with Gasteiger partial charge in [0, 0.05) is 55.1 Å². The van der Waals surface area contributed by atoms with Crippen LogP contribution in [0.15, 0.2) is 61.1 Å². The van der Waals surface area contributed by atoms with Gasteiger partial charge in [0.15, 0.2) is 0 Å². The van der Waals surface area contributed by atoms with Crippen LogP contribution < -0.4 is 4.74 Å². The Hall–Kier alpha value is -4.14. The van der Waals surface area contributed by atoms with Crippen molar-refractivity contribution in [3.63, 3.8) is 0 Å². The number of piperidine rings is 1. The van der Waals surface area contributed by atoms with Crippen LogP contribution in [0.2, 0.25) is 0 Å². The average Bonchev–Trinajstić information content (AvgIpc) is 3.23. The molecule has 1 amide bonds. The molecular formula is C27H25FN6O2. The van der Waals surface area contributed by atoms with E-state index in [2.05, 4.69) is 27.0 Å². The monoisotopic (exact) mass is 484 g/mol. The van der Waals surface area contributed by atoms with Crippen molar-refractivity contribution in [2.45, 2.75) is 26.4 Å². The van der Waals surface area contributed by atoms with Crippen LogP contribution in [0, 0.1) is 24.6 Å². The van der Waals surface area contributed by atoms with Crippen molar-refractivity contribution in [3.8, 4) is 23.1 Å². The number of pyridine rings is 1. The first-order valence-electron chi connectivity index (χ1n) is 12.1. The number of benzene rings is 1. The van der Waals surface area contributed by atoms with Gasteiger partial charge in [-0.05, 0) is 55.3 Å². The van der Waals surface area contributed by atoms with E-state index < -0.39 is 0 Å². The number of nitrogens with zero attached hydrogens (tertiary/aromatic N) is 6. The second-order valence-corrected chi connectivity index (χ2v) is 9.30. The van der Waals surface area contributed by atoms with Gasteiger partial charge in [-0.25, -0.2) is 24.0 Å². The molecule has 4 aromatic rings. The molecule has 1 saturated heterocycles. The average molecular weight is 485 g/mol. The summed E-state index contributed by atoms with van der Waals surface area (Å²) >= 11 is 0. The van der Waals surface area contributed by atoms with Crippen molar-refractivity contribution in [3.05, 3.63) is 83.7 Å². The van der Waals surface area contributed by atoms with Crippen LogP contribution in [0.4, 0.5) is 4.39 Å². The summed E-state index contributed by atoms with van der Waals surface area (Å²) in [5, 5.41) is 4.42. The van der Waals surface area contributed by atoms with Crippen molar-refractivity contribution >= 4 is 5.91 Å². The van der Waals surface area contributed by atoms with Gasteiger partial charge >= 0.3 is 0 Å². The van der Waals surface area contributed by atoms with Gasteiger partial charge in [-0.1, -0.05) is 6.92 Å². The lowest BCUT2D eigenvalue weighted by Gasteiger charge is -2.20. The molecule has 1 aliphatic carbocycles. The first-order chi connectivity index (χ1) is 17.5. The number of carbonyl (C=O) groups excluding carboxylic acids is 1. The number of aromatic nitrogens is 5. The number of hydrogen-bond donors (Lipinski definition) is 0. The molecule has 3 aromatic heterocycles. The smallest absolute Gasteiger partial charge is 0.257 e. The summed E-state index contributed by atoms with van der Waals surface area (Å²) in [5.41, 5.74) is 3.93. The predicted octanol–water partition coefficient (Wildman–Crippen LogP) is 3.88. The van der Waals surface area contributed by atoms with E-state index in [9.17, 15) is 9.18 Å². The number of hydrogen-bond acceptors (Lipinski definition) is 6. The predicted molar refractivity (Wildman–Crippen MR) is 130 cm³/mol. The first kappa shape index (κ1) is 22.3. The standard InChI is InChI=1S/C27H25FN6O2/c1-3-17-11-23(18-5-7-19(28)8-6-18)31-24(12-17)36-25-21-13-33(14-22(21)25)26(35)20-15-34(32-16(20)2)27-29-9-4-10-30-27/h4-12,15,21-22,25H,3,13-14H2,1-2H3/t21-,22+,25?. The van der Waals surface area contributed by atoms with Gasteiger partial charge < -0.3 is 9.64 Å². The fourth-order valence-corrected chi connectivity index (χ4v) is 4.90. The molecule has 0 bridgehead atoms. The molecule has 6 rings (SSSR count). The minimum atomic E-state index is -0.275. The number of halogens is 1. The van der Waals surface area contributed by atoms with Crippen LogP contribution >= 0.6 is 0 Å². The molecule has 2 fully saturated rings. The molecule has 1 aliphatic heterocycles. The maximum absolute atomic E-state index is 13.4. The van der Waals surface area contributed by atoms with Gasteiger partial charge in [-0.3, -0.25) is 4.79 Å². The Kier molecular flexibility index (Phi) is 5.47. The Balaban J connectivity index is 1.13. The number of fused-ring (bicyclic) bond motifs is 1. The maximum atomic E-state index is 13.4. The van der Waals surface area contributed by atoms with E-state index in [1.807, 2.05) is 24.0 Å². The maximum Gasteiger partial charge on any atom is 0.257 e. The van der Waals surface area contributed by atoms with Crippen LogP contribution in [0.3, 0.4) is 0 Å². The fourth-order valence-electron chi connectivity index (χ4n) is 4.90. The lowest BCUT2D eigenvalue weighted by molar-refractivity contribution is 0.0751. The van der Waals surface area contributed by atoms with Gasteiger partial charge in [0.2, 0.25) is 11.8 Å². The number of amides is 1. The summed E-state index contributed by atoms with van der Waals surface area (Å²) in [6, 6.07) is 12.0. The number of carbonyl (C=O) groups is 1. The van der Waals surface area contributed by atoms with E-state index in [0.717, 1.165) is 23.2 Å². The number of ether oxygens (including phenoxy) is 1. The summed E-state index contributed by atoms with van der Waals surface area (Å²) in [6.45, 7) is 5.18. The topological polar surface area (TPSA) is 86.0 Å². The molecule has 4 heterocycles. The Bertz CT molecular complexity index is 1410. The Morgan fingerprint density at radius 3 is 2.53 bits per heavy atom. The lowest BCUT2D eigenvalue weighted by atomic mass is 10.1. The zero-order valence-electron chi connectivity index (χ0n) is 20.0. The second kappa shape index (κ2) is 8.82. The van der Waals surface area contributed by atoms with Crippen molar-refractivity contribution in [2.75, 3.05) is 13.1 Å². The first-order valence-corrected chi connectivity index (χ1v) is 12.1. The Labute approximate surface area is 207 Å². The summed E-state index contributed by atoms with van der Waals surface area (Å²) in [7, 11) is 0. The highest BCUT2D eigenvalue weighted by Crippen LogP contribution is 2.48. The molecule has 8 nitrogen and oxygen atoms in total. The van der Waals surface area contributed by atoms with E-state index in [1.165, 1.54) is 16.8 Å². The molecule has 0 spiro atoms. The minimum Gasteiger partial charge on any atom is -0.474 e. The molecule has 0 radical (unpaired) electrons. The largest absolute Gasteiger partial charge is 0.474 e. The fraction of sp³-hybridized carbons (Fsp3) is 0.296. The number of likely N-dealkylation sites (tertiary alicyclic amines) is 1. The third-order valence-electron chi connectivity index (χ3n) is 6.96. The Morgan fingerprint density at radius 2 is 1.83 bits per heavy atom. The van der Waals surface area contributed by atoms with Crippen LogP contribution in [-0.2, 0) is 6.42 Å². The molecule has 182 valence electrons. The lowest BCUT2D eigenvalue weighted by Crippen LogP contribution is -2.33. The van der Waals surface area contributed by atoms with Crippen LogP contribution in [0.1, 0.15) is 28.5 Å². The van der Waals surface area contributed by atoms with E-state index in [4.69, 9.17) is 4.74 Å². The highest BCUT2D eigenvalue weighted by Gasteiger charge is 2.59. The third kappa shape index (κ3) is 4.10. The van der Waals surface area contributed by atoms with E-state index in [1.54, 1.807) is 36.8 Å². The molecule has 1 saturated carbocycles. The van der Waals surface area contributed by atoms with Gasteiger partial charge in [0.1, 0.15) is 11.9 Å². The van der Waals surface area contributed by atoms with Crippen molar-refractivity contribution in [1.82, 2.24) is 29.6 Å². The highest BCUT2D eigenvalue weighted by atomic mass is 19.1. The molecular weight excluding hydrogens is 459 g/mol. The quantitative estimate of drug-likeness (QED) is 0.413. The van der Waals surface area contributed by atoms with Crippen molar-refractivity contribution < 1.29 is 13.9 Å². The van der Waals surface area contributed by atoms with Gasteiger partial charge in [-0.15, -0.1) is 0 Å².